The molecule has 1 aliphatic rings. The summed E-state index contributed by atoms with van der Waals surface area (Å²) in [4.78, 5) is 7.05. The van der Waals surface area contributed by atoms with Gasteiger partial charge >= 0.3 is 0 Å². The van der Waals surface area contributed by atoms with E-state index in [4.69, 9.17) is 10.5 Å². The van der Waals surface area contributed by atoms with Gasteiger partial charge in [0.1, 0.15) is 5.82 Å². The van der Waals surface area contributed by atoms with Gasteiger partial charge in [0.2, 0.25) is 0 Å². The summed E-state index contributed by atoms with van der Waals surface area (Å²) in [7, 11) is 1.61. The van der Waals surface area contributed by atoms with Crippen molar-refractivity contribution in [2.24, 2.45) is 5.73 Å². The van der Waals surface area contributed by atoms with E-state index >= 15 is 0 Å². The topological polar surface area (TPSA) is 76.0 Å². The molecule has 5 nitrogen and oxygen atoms in total. The highest BCUT2D eigenvalue weighted by molar-refractivity contribution is 5.53. The average molecular weight is 166 g/mol. The molecule has 2 rings (SSSR count). The van der Waals surface area contributed by atoms with E-state index in [-0.39, 0.29) is 6.23 Å². The van der Waals surface area contributed by atoms with Crippen molar-refractivity contribution in [3.05, 3.63) is 23.5 Å². The predicted molar refractivity (Wildman–Crippen MR) is 43.6 cm³/mol. The molecule has 1 aromatic heterocycles. The molecule has 0 radical (unpaired) electrons. The van der Waals surface area contributed by atoms with Gasteiger partial charge in [-0.1, -0.05) is 0 Å². The van der Waals surface area contributed by atoms with Gasteiger partial charge in [0.15, 0.2) is 6.23 Å². The lowest BCUT2D eigenvalue weighted by atomic mass is 10.2. The highest BCUT2D eigenvalue weighted by Crippen LogP contribution is 2.21. The Hall–Kier alpha value is -1.49. The van der Waals surface area contributed by atoms with Crippen molar-refractivity contribution in [2.45, 2.75) is 6.23 Å². The van der Waals surface area contributed by atoms with E-state index in [1.807, 2.05) is 0 Å². The van der Waals surface area contributed by atoms with Crippen LogP contribution >= 0.6 is 0 Å². The first-order valence-electron chi connectivity index (χ1n) is 3.61. The van der Waals surface area contributed by atoms with Gasteiger partial charge in [0, 0.05) is 13.2 Å². The molecule has 4 N–H and O–H groups in total. The van der Waals surface area contributed by atoms with Crippen molar-refractivity contribution in [2.75, 3.05) is 7.11 Å². The van der Waals surface area contributed by atoms with Crippen molar-refractivity contribution in [3.63, 3.8) is 0 Å². The summed E-state index contributed by atoms with van der Waals surface area (Å²) in [6.07, 6.45) is 3.17. The number of aromatic amines is 1. The lowest BCUT2D eigenvalue weighted by molar-refractivity contribution is 0.0778. The number of hydrogen-bond donors (Lipinski definition) is 3. The second-order valence-electron chi connectivity index (χ2n) is 2.56. The van der Waals surface area contributed by atoms with Gasteiger partial charge in [-0.25, -0.2) is 4.98 Å². The van der Waals surface area contributed by atoms with Crippen molar-refractivity contribution in [1.82, 2.24) is 15.3 Å². The van der Waals surface area contributed by atoms with Crippen LogP contribution < -0.4 is 11.1 Å². The van der Waals surface area contributed by atoms with Crippen molar-refractivity contribution >= 4 is 6.08 Å². The van der Waals surface area contributed by atoms with E-state index in [1.165, 1.54) is 0 Å². The third-order valence-electron chi connectivity index (χ3n) is 1.79. The number of aromatic nitrogens is 2. The number of H-pyrrole nitrogens is 1. The van der Waals surface area contributed by atoms with Crippen LogP contribution in [0.4, 0.5) is 0 Å². The maximum Gasteiger partial charge on any atom is 0.171 e. The fraction of sp³-hybridized carbons (Fsp3) is 0.286. The molecular weight excluding hydrogens is 156 g/mol. The van der Waals surface area contributed by atoms with Gasteiger partial charge in [-0.3, -0.25) is 0 Å². The lowest BCUT2D eigenvalue weighted by Crippen LogP contribution is -2.30. The van der Waals surface area contributed by atoms with E-state index < -0.39 is 0 Å². The Balaban J connectivity index is 2.43. The Morgan fingerprint density at radius 1 is 1.67 bits per heavy atom. The number of nitrogens with two attached hydrogens (primary N) is 1. The zero-order chi connectivity index (χ0) is 8.55. The summed E-state index contributed by atoms with van der Waals surface area (Å²) in [6, 6.07) is 0. The predicted octanol–water partition coefficient (Wildman–Crippen LogP) is -0.0850. The molecule has 0 aromatic carbocycles. The van der Waals surface area contributed by atoms with Crippen LogP contribution in [0.1, 0.15) is 17.6 Å². The summed E-state index contributed by atoms with van der Waals surface area (Å²) >= 11 is 0. The summed E-state index contributed by atoms with van der Waals surface area (Å²) in [5.41, 5.74) is 7.33. The SMILES string of the molecule is COC1NC(N)=Cc2nc[nH]c21. The minimum atomic E-state index is -0.215. The molecule has 5 heteroatoms. The molecule has 0 fully saturated rings. The Kier molecular flexibility index (Phi) is 1.51. The summed E-state index contributed by atoms with van der Waals surface area (Å²) in [5.74, 6) is 0.571. The van der Waals surface area contributed by atoms with Crippen LogP contribution in [0.5, 0.6) is 0 Å². The van der Waals surface area contributed by atoms with Crippen molar-refractivity contribution in [3.8, 4) is 0 Å². The van der Waals surface area contributed by atoms with E-state index in [9.17, 15) is 0 Å². The standard InChI is InChI=1S/C7H10N4O/c1-12-7-6-4(9-3-10-6)2-5(8)11-7/h2-3,7,11H,8H2,1H3,(H,9,10). The maximum absolute atomic E-state index is 5.59. The summed E-state index contributed by atoms with van der Waals surface area (Å²) < 4.78 is 5.14. The Morgan fingerprint density at radius 3 is 3.25 bits per heavy atom. The molecule has 0 saturated heterocycles. The van der Waals surface area contributed by atoms with Crippen LogP contribution in [0.15, 0.2) is 12.1 Å². The first-order valence-corrected chi connectivity index (χ1v) is 3.61. The normalized spacial score (nSPS) is 21.1. The fourth-order valence-electron chi connectivity index (χ4n) is 1.23. The molecule has 0 aliphatic carbocycles. The molecule has 0 spiro atoms. The van der Waals surface area contributed by atoms with Crippen molar-refractivity contribution < 1.29 is 4.74 Å². The Labute approximate surface area is 69.6 Å². The summed E-state index contributed by atoms with van der Waals surface area (Å²) in [5, 5.41) is 2.95. The third-order valence-corrected chi connectivity index (χ3v) is 1.79. The maximum atomic E-state index is 5.59. The average Bonchev–Trinajstić information content (AvgIpc) is 2.50. The molecule has 12 heavy (non-hydrogen) atoms. The number of rotatable bonds is 1. The van der Waals surface area contributed by atoms with E-state index in [2.05, 4.69) is 15.3 Å². The van der Waals surface area contributed by atoms with Crippen LogP contribution in [0.3, 0.4) is 0 Å². The molecule has 2 heterocycles. The van der Waals surface area contributed by atoms with Crippen molar-refractivity contribution in [1.29, 1.82) is 0 Å². The van der Waals surface area contributed by atoms with Crippen LogP contribution in [0, 0.1) is 0 Å². The van der Waals surface area contributed by atoms with Gasteiger partial charge in [0.25, 0.3) is 0 Å². The third kappa shape index (κ3) is 0.947. The van der Waals surface area contributed by atoms with Gasteiger partial charge in [0.05, 0.1) is 17.7 Å². The van der Waals surface area contributed by atoms with E-state index in [0.717, 1.165) is 11.4 Å². The largest absolute Gasteiger partial charge is 0.385 e. The zero-order valence-corrected chi connectivity index (χ0v) is 6.66. The zero-order valence-electron chi connectivity index (χ0n) is 6.66. The van der Waals surface area contributed by atoms with Gasteiger partial charge in [-0.15, -0.1) is 0 Å². The second-order valence-corrected chi connectivity index (χ2v) is 2.56. The van der Waals surface area contributed by atoms with E-state index in [0.29, 0.717) is 5.82 Å². The number of fused-ring (bicyclic) bond motifs is 1. The number of imidazole rings is 1. The Bertz CT molecular complexity index is 317. The molecule has 1 unspecified atom stereocenters. The second kappa shape index (κ2) is 2.53. The van der Waals surface area contributed by atoms with Crippen LogP contribution in [0.25, 0.3) is 6.08 Å². The number of methoxy groups -OCH3 is 1. The Morgan fingerprint density at radius 2 is 2.50 bits per heavy atom. The molecule has 1 aromatic rings. The minimum Gasteiger partial charge on any atom is -0.385 e. The number of nitrogens with one attached hydrogen (secondary N) is 2. The van der Waals surface area contributed by atoms with Crippen LogP contribution in [-0.4, -0.2) is 17.1 Å². The van der Waals surface area contributed by atoms with Crippen LogP contribution in [-0.2, 0) is 4.74 Å². The summed E-state index contributed by atoms with van der Waals surface area (Å²) in [6.45, 7) is 0. The highest BCUT2D eigenvalue weighted by Gasteiger charge is 2.20. The quantitative estimate of drug-likeness (QED) is 0.545. The highest BCUT2D eigenvalue weighted by atomic mass is 16.5. The number of nitrogens with zero attached hydrogens (tertiary/aromatic N) is 1. The van der Waals surface area contributed by atoms with Crippen LogP contribution in [0.2, 0.25) is 0 Å². The molecule has 0 bridgehead atoms. The monoisotopic (exact) mass is 166 g/mol. The van der Waals surface area contributed by atoms with Gasteiger partial charge < -0.3 is 20.8 Å². The number of hydrogen-bond acceptors (Lipinski definition) is 4. The lowest BCUT2D eigenvalue weighted by Gasteiger charge is -2.21. The smallest absolute Gasteiger partial charge is 0.171 e. The fourth-order valence-corrected chi connectivity index (χ4v) is 1.23. The molecule has 1 atom stereocenters. The first kappa shape index (κ1) is 7.17. The van der Waals surface area contributed by atoms with E-state index in [1.54, 1.807) is 19.5 Å². The first-order chi connectivity index (χ1) is 5.81. The molecular formula is C7H10N4O. The van der Waals surface area contributed by atoms with Gasteiger partial charge in [-0.05, 0) is 0 Å². The molecule has 1 aliphatic heterocycles. The molecule has 0 amide bonds. The number of ether oxygens (including phenoxy) is 1. The minimum absolute atomic E-state index is 0.215. The molecule has 0 saturated carbocycles. The van der Waals surface area contributed by atoms with Gasteiger partial charge in [-0.2, -0.15) is 0 Å². The molecule has 64 valence electrons.